The number of aliphatic hydroxyl groups excluding tert-OH is 1. The number of rotatable bonds is 11. The number of likely N-dealkylation sites (tertiary alicyclic amines) is 1. The van der Waals surface area contributed by atoms with Crippen LogP contribution < -0.4 is 9.47 Å². The SMILES string of the molecule is COc1ccc(C2CN(C(=O)COCc3ccccc3)CC2(C)[C@@H](C)O)cc1OCC1(c2ccccc2)CC1. The lowest BCUT2D eigenvalue weighted by molar-refractivity contribution is -0.136. The van der Waals surface area contributed by atoms with Gasteiger partial charge in [0.2, 0.25) is 5.91 Å². The van der Waals surface area contributed by atoms with E-state index < -0.39 is 11.5 Å². The predicted octanol–water partition coefficient (Wildman–Crippen LogP) is 5.34. The Morgan fingerprint density at radius 2 is 1.72 bits per heavy atom. The average molecular weight is 530 g/mol. The zero-order valence-corrected chi connectivity index (χ0v) is 23.1. The van der Waals surface area contributed by atoms with E-state index in [1.807, 2.05) is 66.4 Å². The number of hydrogen-bond acceptors (Lipinski definition) is 5. The number of ether oxygens (including phenoxy) is 3. The zero-order chi connectivity index (χ0) is 27.5. The molecule has 1 aliphatic carbocycles. The van der Waals surface area contributed by atoms with E-state index in [2.05, 4.69) is 31.2 Å². The second kappa shape index (κ2) is 11.4. The highest BCUT2D eigenvalue weighted by Gasteiger charge is 2.49. The largest absolute Gasteiger partial charge is 0.493 e. The molecule has 2 unspecified atom stereocenters. The van der Waals surface area contributed by atoms with Gasteiger partial charge in [-0.25, -0.2) is 0 Å². The summed E-state index contributed by atoms with van der Waals surface area (Å²) in [6, 6.07) is 26.4. The summed E-state index contributed by atoms with van der Waals surface area (Å²) < 4.78 is 17.8. The van der Waals surface area contributed by atoms with Crippen molar-refractivity contribution in [3.63, 3.8) is 0 Å². The van der Waals surface area contributed by atoms with Gasteiger partial charge in [0, 0.05) is 29.8 Å². The van der Waals surface area contributed by atoms with Crippen molar-refractivity contribution in [2.24, 2.45) is 5.41 Å². The van der Waals surface area contributed by atoms with Gasteiger partial charge in [0.15, 0.2) is 11.5 Å². The minimum atomic E-state index is -0.607. The number of aliphatic hydroxyl groups is 1. The van der Waals surface area contributed by atoms with Crippen LogP contribution in [0.4, 0.5) is 0 Å². The third kappa shape index (κ3) is 5.82. The number of carbonyl (C=O) groups excluding carboxylic acids is 1. The van der Waals surface area contributed by atoms with Gasteiger partial charge < -0.3 is 24.2 Å². The molecule has 1 aliphatic heterocycles. The normalized spacial score (nSPS) is 22.4. The highest BCUT2D eigenvalue weighted by atomic mass is 16.5. The fourth-order valence-electron chi connectivity index (χ4n) is 5.73. The maximum atomic E-state index is 13.1. The Morgan fingerprint density at radius 1 is 1.03 bits per heavy atom. The molecule has 2 fully saturated rings. The summed E-state index contributed by atoms with van der Waals surface area (Å²) in [7, 11) is 1.65. The molecule has 2 aliphatic rings. The molecule has 1 amide bonds. The van der Waals surface area contributed by atoms with E-state index in [4.69, 9.17) is 14.2 Å². The fourth-order valence-corrected chi connectivity index (χ4v) is 5.73. The molecular weight excluding hydrogens is 490 g/mol. The van der Waals surface area contributed by atoms with E-state index in [0.717, 1.165) is 24.0 Å². The first-order chi connectivity index (χ1) is 18.8. The molecule has 0 radical (unpaired) electrons. The molecule has 1 N–H and O–H groups in total. The van der Waals surface area contributed by atoms with Crippen molar-refractivity contribution < 1.29 is 24.1 Å². The molecule has 0 aromatic heterocycles. The highest BCUT2D eigenvalue weighted by Crippen LogP contribution is 2.50. The molecule has 0 bridgehead atoms. The molecule has 0 spiro atoms. The first-order valence-corrected chi connectivity index (χ1v) is 13.8. The molecule has 1 heterocycles. The summed E-state index contributed by atoms with van der Waals surface area (Å²) in [6.45, 7) is 5.82. The summed E-state index contributed by atoms with van der Waals surface area (Å²) in [4.78, 5) is 14.9. The second-order valence-corrected chi connectivity index (χ2v) is 11.3. The van der Waals surface area contributed by atoms with Crippen LogP contribution >= 0.6 is 0 Å². The van der Waals surface area contributed by atoms with Crippen LogP contribution in [0.25, 0.3) is 0 Å². The lowest BCUT2D eigenvalue weighted by Gasteiger charge is -2.34. The van der Waals surface area contributed by atoms with E-state index >= 15 is 0 Å². The van der Waals surface area contributed by atoms with Crippen LogP contribution in [0.1, 0.15) is 49.3 Å². The molecule has 3 aromatic rings. The van der Waals surface area contributed by atoms with Crippen LogP contribution in [0.2, 0.25) is 0 Å². The summed E-state index contributed by atoms with van der Waals surface area (Å²) in [6.07, 6.45) is 1.60. The molecule has 6 heteroatoms. The lowest BCUT2D eigenvalue weighted by atomic mass is 9.72. The Morgan fingerprint density at radius 3 is 2.36 bits per heavy atom. The summed E-state index contributed by atoms with van der Waals surface area (Å²) >= 11 is 0. The second-order valence-electron chi connectivity index (χ2n) is 11.3. The molecule has 206 valence electrons. The summed E-state index contributed by atoms with van der Waals surface area (Å²) in [5.74, 6) is 1.25. The van der Waals surface area contributed by atoms with Crippen LogP contribution in [0.3, 0.4) is 0 Å². The molecule has 1 saturated heterocycles. The lowest BCUT2D eigenvalue weighted by Crippen LogP contribution is -2.38. The van der Waals surface area contributed by atoms with Gasteiger partial charge in [-0.05, 0) is 48.6 Å². The van der Waals surface area contributed by atoms with Gasteiger partial charge in [-0.3, -0.25) is 4.79 Å². The van der Waals surface area contributed by atoms with Gasteiger partial charge >= 0.3 is 0 Å². The summed E-state index contributed by atoms with van der Waals surface area (Å²) in [5, 5.41) is 10.9. The van der Waals surface area contributed by atoms with Crippen LogP contribution in [-0.4, -0.2) is 55.4 Å². The third-order valence-corrected chi connectivity index (χ3v) is 8.71. The third-order valence-electron chi connectivity index (χ3n) is 8.71. The van der Waals surface area contributed by atoms with Crippen molar-refractivity contribution >= 4 is 5.91 Å². The van der Waals surface area contributed by atoms with Gasteiger partial charge in [-0.1, -0.05) is 73.7 Å². The average Bonchev–Trinajstić information content (AvgIpc) is 3.67. The van der Waals surface area contributed by atoms with E-state index in [9.17, 15) is 9.90 Å². The Bertz CT molecular complexity index is 1260. The van der Waals surface area contributed by atoms with E-state index in [0.29, 0.717) is 37.8 Å². The first kappa shape index (κ1) is 27.2. The smallest absolute Gasteiger partial charge is 0.248 e. The molecule has 3 aromatic carbocycles. The quantitative estimate of drug-likeness (QED) is 0.363. The number of nitrogens with zero attached hydrogens (tertiary/aromatic N) is 1. The van der Waals surface area contributed by atoms with E-state index in [-0.39, 0.29) is 23.8 Å². The van der Waals surface area contributed by atoms with E-state index in [1.54, 1.807) is 7.11 Å². The Balaban J connectivity index is 1.30. The maximum Gasteiger partial charge on any atom is 0.248 e. The predicted molar refractivity (Wildman–Crippen MR) is 151 cm³/mol. The highest BCUT2D eigenvalue weighted by molar-refractivity contribution is 5.78. The van der Waals surface area contributed by atoms with E-state index in [1.165, 1.54) is 5.56 Å². The number of methoxy groups -OCH3 is 1. The monoisotopic (exact) mass is 529 g/mol. The Labute approximate surface area is 231 Å². The molecule has 1 saturated carbocycles. The van der Waals surface area contributed by atoms with Crippen LogP contribution in [0, 0.1) is 5.41 Å². The minimum Gasteiger partial charge on any atom is -0.493 e. The molecule has 3 atom stereocenters. The topological polar surface area (TPSA) is 68.2 Å². The van der Waals surface area contributed by atoms with Gasteiger partial charge in [-0.2, -0.15) is 0 Å². The minimum absolute atomic E-state index is 0.00997. The van der Waals surface area contributed by atoms with Crippen LogP contribution in [0.15, 0.2) is 78.9 Å². The van der Waals surface area contributed by atoms with Crippen molar-refractivity contribution in [3.05, 3.63) is 95.6 Å². The van der Waals surface area contributed by atoms with Gasteiger partial charge in [0.05, 0.1) is 26.4 Å². The number of hydrogen-bond donors (Lipinski definition) is 1. The molecule has 6 nitrogen and oxygen atoms in total. The number of benzene rings is 3. The van der Waals surface area contributed by atoms with Crippen molar-refractivity contribution in [2.75, 3.05) is 33.4 Å². The number of carbonyl (C=O) groups is 1. The Hall–Kier alpha value is -3.35. The standard InChI is InChI=1S/C33H39NO5/c1-24(35)32(2)22-34(31(36)21-38-20-25-10-6-4-7-11-25)19-28(32)26-14-15-29(37-3)30(18-26)39-23-33(16-17-33)27-12-8-5-9-13-27/h4-15,18,24,28,35H,16-17,19-23H2,1-3H3/t24-,28?,32?/m1/s1. The van der Waals surface area contributed by atoms with Crippen molar-refractivity contribution in [2.45, 2.75) is 50.7 Å². The van der Waals surface area contributed by atoms with Crippen molar-refractivity contribution in [1.29, 1.82) is 0 Å². The first-order valence-electron chi connectivity index (χ1n) is 13.8. The fraction of sp³-hybridized carbons (Fsp3) is 0.424. The van der Waals surface area contributed by atoms with Gasteiger partial charge in [0.25, 0.3) is 0 Å². The van der Waals surface area contributed by atoms with Crippen molar-refractivity contribution in [1.82, 2.24) is 4.90 Å². The molecule has 5 rings (SSSR count). The van der Waals surface area contributed by atoms with Crippen LogP contribution in [-0.2, 0) is 21.6 Å². The van der Waals surface area contributed by atoms with Crippen molar-refractivity contribution in [3.8, 4) is 11.5 Å². The molecular formula is C33H39NO5. The zero-order valence-electron chi connectivity index (χ0n) is 23.1. The maximum absolute atomic E-state index is 13.1. The van der Waals surface area contributed by atoms with Gasteiger partial charge in [-0.15, -0.1) is 0 Å². The van der Waals surface area contributed by atoms with Gasteiger partial charge in [0.1, 0.15) is 6.61 Å². The molecule has 39 heavy (non-hydrogen) atoms. The Kier molecular flexibility index (Phi) is 7.96. The number of amides is 1. The van der Waals surface area contributed by atoms with Crippen LogP contribution in [0.5, 0.6) is 11.5 Å². The summed E-state index contributed by atoms with van der Waals surface area (Å²) in [5.41, 5.74) is 2.90.